The SMILES string of the molecule is BrC(CCc1ccc2ncccc2c1)c1ccccc1. The van der Waals surface area contributed by atoms with Crippen LogP contribution in [0.5, 0.6) is 0 Å². The first-order valence-corrected chi connectivity index (χ1v) is 7.77. The molecule has 0 bridgehead atoms. The summed E-state index contributed by atoms with van der Waals surface area (Å²) in [4.78, 5) is 4.77. The molecule has 0 radical (unpaired) electrons. The van der Waals surface area contributed by atoms with Gasteiger partial charge >= 0.3 is 0 Å². The van der Waals surface area contributed by atoms with E-state index in [1.165, 1.54) is 16.5 Å². The largest absolute Gasteiger partial charge is 0.256 e. The van der Waals surface area contributed by atoms with Crippen LogP contribution >= 0.6 is 15.9 Å². The number of fused-ring (bicyclic) bond motifs is 1. The molecular weight excluding hydrogens is 310 g/mol. The van der Waals surface area contributed by atoms with E-state index < -0.39 is 0 Å². The molecule has 100 valence electrons. The number of halogens is 1. The number of aromatic nitrogens is 1. The van der Waals surface area contributed by atoms with Crippen LogP contribution in [0.2, 0.25) is 0 Å². The number of aryl methyl sites for hydroxylation is 1. The van der Waals surface area contributed by atoms with Crippen molar-refractivity contribution in [3.8, 4) is 0 Å². The van der Waals surface area contributed by atoms with Gasteiger partial charge in [0.15, 0.2) is 0 Å². The maximum atomic E-state index is 4.36. The molecule has 2 aromatic carbocycles. The Morgan fingerprint density at radius 2 is 1.80 bits per heavy atom. The summed E-state index contributed by atoms with van der Waals surface area (Å²) >= 11 is 3.78. The summed E-state index contributed by atoms with van der Waals surface area (Å²) in [5.41, 5.74) is 3.77. The second-order valence-electron chi connectivity index (χ2n) is 4.95. The fraction of sp³-hybridized carbons (Fsp3) is 0.167. The Hall–Kier alpha value is -1.67. The second kappa shape index (κ2) is 6.19. The average Bonchev–Trinajstić information content (AvgIpc) is 2.53. The summed E-state index contributed by atoms with van der Waals surface area (Å²) in [5.74, 6) is 0. The topological polar surface area (TPSA) is 12.9 Å². The molecule has 0 aliphatic rings. The number of rotatable bonds is 4. The van der Waals surface area contributed by atoms with E-state index in [2.05, 4.69) is 75.5 Å². The van der Waals surface area contributed by atoms with Crippen molar-refractivity contribution >= 4 is 26.8 Å². The van der Waals surface area contributed by atoms with Crippen LogP contribution in [0.15, 0.2) is 66.9 Å². The molecular formula is C18H16BrN. The Morgan fingerprint density at radius 3 is 2.65 bits per heavy atom. The highest BCUT2D eigenvalue weighted by atomic mass is 79.9. The summed E-state index contributed by atoms with van der Waals surface area (Å²) in [6.45, 7) is 0. The molecule has 1 aromatic heterocycles. The summed E-state index contributed by atoms with van der Waals surface area (Å²) in [6.07, 6.45) is 4.00. The first kappa shape index (κ1) is 13.3. The Labute approximate surface area is 127 Å². The fourth-order valence-corrected chi connectivity index (χ4v) is 2.94. The Kier molecular flexibility index (Phi) is 4.12. The van der Waals surface area contributed by atoms with Gasteiger partial charge < -0.3 is 0 Å². The van der Waals surface area contributed by atoms with Gasteiger partial charge in [-0.25, -0.2) is 0 Å². The maximum absolute atomic E-state index is 4.36. The molecule has 0 saturated heterocycles. The van der Waals surface area contributed by atoms with Crippen LogP contribution < -0.4 is 0 Å². The van der Waals surface area contributed by atoms with Crippen LogP contribution in [0.1, 0.15) is 22.4 Å². The third-order valence-corrected chi connectivity index (χ3v) is 4.50. The molecule has 0 spiro atoms. The van der Waals surface area contributed by atoms with Crippen LogP contribution in [0.4, 0.5) is 0 Å². The first-order chi connectivity index (χ1) is 9.83. The van der Waals surface area contributed by atoms with Gasteiger partial charge in [-0.1, -0.05) is 58.4 Å². The number of hydrogen-bond acceptors (Lipinski definition) is 1. The standard InChI is InChI=1S/C18H16BrN/c19-17(15-5-2-1-3-6-15)10-8-14-9-11-18-16(13-14)7-4-12-20-18/h1-7,9,11-13,17H,8,10H2. The quantitative estimate of drug-likeness (QED) is 0.593. The highest BCUT2D eigenvalue weighted by Gasteiger charge is 2.07. The molecule has 1 unspecified atom stereocenters. The van der Waals surface area contributed by atoms with Crippen LogP contribution in [-0.2, 0) is 6.42 Å². The van der Waals surface area contributed by atoms with Gasteiger partial charge in [-0.2, -0.15) is 0 Å². The zero-order chi connectivity index (χ0) is 13.8. The van der Waals surface area contributed by atoms with Crippen molar-refractivity contribution in [1.29, 1.82) is 0 Å². The van der Waals surface area contributed by atoms with Crippen LogP contribution in [-0.4, -0.2) is 4.98 Å². The van der Waals surface area contributed by atoms with Crippen molar-refractivity contribution in [2.24, 2.45) is 0 Å². The molecule has 0 N–H and O–H groups in total. The lowest BCUT2D eigenvalue weighted by atomic mass is 10.0. The number of nitrogens with zero attached hydrogens (tertiary/aromatic N) is 1. The van der Waals surface area contributed by atoms with E-state index in [9.17, 15) is 0 Å². The lowest BCUT2D eigenvalue weighted by Gasteiger charge is -2.10. The molecule has 1 nitrogen and oxygen atoms in total. The molecule has 20 heavy (non-hydrogen) atoms. The van der Waals surface area contributed by atoms with E-state index in [-0.39, 0.29) is 0 Å². The van der Waals surface area contributed by atoms with E-state index in [1.54, 1.807) is 0 Å². The van der Waals surface area contributed by atoms with Crippen molar-refractivity contribution in [3.05, 3.63) is 78.0 Å². The maximum Gasteiger partial charge on any atom is 0.0702 e. The minimum Gasteiger partial charge on any atom is -0.256 e. The zero-order valence-electron chi connectivity index (χ0n) is 11.2. The van der Waals surface area contributed by atoms with Gasteiger partial charge in [-0.3, -0.25) is 4.98 Å². The summed E-state index contributed by atoms with van der Waals surface area (Å²) in [5, 5.41) is 1.22. The van der Waals surface area contributed by atoms with Gasteiger partial charge in [-0.05, 0) is 42.2 Å². The highest BCUT2D eigenvalue weighted by Crippen LogP contribution is 2.28. The molecule has 0 fully saturated rings. The van der Waals surface area contributed by atoms with Gasteiger partial charge in [0.25, 0.3) is 0 Å². The van der Waals surface area contributed by atoms with Gasteiger partial charge in [0.1, 0.15) is 0 Å². The van der Waals surface area contributed by atoms with E-state index in [1.807, 2.05) is 12.3 Å². The third kappa shape index (κ3) is 3.07. The molecule has 3 rings (SSSR count). The smallest absolute Gasteiger partial charge is 0.0702 e. The number of hydrogen-bond donors (Lipinski definition) is 0. The normalized spacial score (nSPS) is 12.4. The van der Waals surface area contributed by atoms with Crippen molar-refractivity contribution in [1.82, 2.24) is 4.98 Å². The predicted molar refractivity (Wildman–Crippen MR) is 88.2 cm³/mol. The summed E-state index contributed by atoms with van der Waals surface area (Å²) < 4.78 is 0. The van der Waals surface area contributed by atoms with Gasteiger partial charge in [0.2, 0.25) is 0 Å². The number of alkyl halides is 1. The second-order valence-corrected chi connectivity index (χ2v) is 6.05. The summed E-state index contributed by atoms with van der Waals surface area (Å²) in [6, 6.07) is 21.2. The number of pyridine rings is 1. The molecule has 3 aromatic rings. The molecule has 0 saturated carbocycles. The monoisotopic (exact) mass is 325 g/mol. The van der Waals surface area contributed by atoms with Crippen LogP contribution in [0.3, 0.4) is 0 Å². The Balaban J connectivity index is 1.70. The van der Waals surface area contributed by atoms with Crippen LogP contribution in [0, 0.1) is 0 Å². The molecule has 0 aliphatic carbocycles. The lowest BCUT2D eigenvalue weighted by molar-refractivity contribution is 0.814. The molecule has 0 aliphatic heterocycles. The van der Waals surface area contributed by atoms with Gasteiger partial charge in [0.05, 0.1) is 5.52 Å². The van der Waals surface area contributed by atoms with Crippen molar-refractivity contribution in [2.75, 3.05) is 0 Å². The van der Waals surface area contributed by atoms with Crippen molar-refractivity contribution in [2.45, 2.75) is 17.7 Å². The first-order valence-electron chi connectivity index (χ1n) is 6.85. The Morgan fingerprint density at radius 1 is 0.950 bits per heavy atom. The Bertz CT molecular complexity index is 694. The van der Waals surface area contributed by atoms with E-state index >= 15 is 0 Å². The molecule has 1 heterocycles. The van der Waals surface area contributed by atoms with Crippen molar-refractivity contribution < 1.29 is 0 Å². The molecule has 2 heteroatoms. The van der Waals surface area contributed by atoms with Crippen LogP contribution in [0.25, 0.3) is 10.9 Å². The third-order valence-electron chi connectivity index (χ3n) is 3.52. The summed E-state index contributed by atoms with van der Waals surface area (Å²) in [7, 11) is 0. The molecule has 0 amide bonds. The fourth-order valence-electron chi connectivity index (χ4n) is 2.40. The minimum absolute atomic E-state index is 0.410. The van der Waals surface area contributed by atoms with E-state index in [4.69, 9.17) is 0 Å². The zero-order valence-corrected chi connectivity index (χ0v) is 12.8. The predicted octanol–water partition coefficient (Wildman–Crippen LogP) is 5.30. The highest BCUT2D eigenvalue weighted by molar-refractivity contribution is 9.09. The minimum atomic E-state index is 0.410. The number of benzene rings is 2. The van der Waals surface area contributed by atoms with E-state index in [0.29, 0.717) is 4.83 Å². The average molecular weight is 326 g/mol. The van der Waals surface area contributed by atoms with Gasteiger partial charge in [-0.15, -0.1) is 0 Å². The van der Waals surface area contributed by atoms with Crippen molar-refractivity contribution in [3.63, 3.8) is 0 Å². The van der Waals surface area contributed by atoms with E-state index in [0.717, 1.165) is 18.4 Å². The lowest BCUT2D eigenvalue weighted by Crippen LogP contribution is -1.93. The van der Waals surface area contributed by atoms with Gasteiger partial charge in [0, 0.05) is 16.4 Å². The molecule has 1 atom stereocenters.